The summed E-state index contributed by atoms with van der Waals surface area (Å²) in [5, 5.41) is 0. The monoisotopic (exact) mass is 268 g/mol. The zero-order chi connectivity index (χ0) is 13.8. The fourth-order valence-electron chi connectivity index (χ4n) is 2.59. The normalized spacial score (nSPS) is 16.3. The molecule has 0 amide bonds. The van der Waals surface area contributed by atoms with E-state index in [0.29, 0.717) is 5.82 Å². The van der Waals surface area contributed by atoms with Crippen molar-refractivity contribution in [2.24, 2.45) is 0 Å². The molecule has 4 heteroatoms. The van der Waals surface area contributed by atoms with Gasteiger partial charge in [0.05, 0.1) is 0 Å². The van der Waals surface area contributed by atoms with Crippen LogP contribution in [0.4, 0.5) is 11.6 Å². The summed E-state index contributed by atoms with van der Waals surface area (Å²) in [5.41, 5.74) is 7.12. The van der Waals surface area contributed by atoms with E-state index in [0.717, 1.165) is 38.5 Å². The first-order chi connectivity index (χ1) is 9.81. The van der Waals surface area contributed by atoms with Crippen LogP contribution in [0.2, 0.25) is 0 Å². The van der Waals surface area contributed by atoms with E-state index in [2.05, 4.69) is 45.1 Å². The molecule has 2 heterocycles. The smallest absolute Gasteiger partial charge is 0.131 e. The molecule has 0 saturated carbocycles. The molecule has 4 nitrogen and oxygen atoms in total. The highest BCUT2D eigenvalue weighted by Gasteiger charge is 2.17. The summed E-state index contributed by atoms with van der Waals surface area (Å²) < 4.78 is 0. The lowest BCUT2D eigenvalue weighted by Crippen LogP contribution is -2.46. The topological polar surface area (TPSA) is 45.4 Å². The summed E-state index contributed by atoms with van der Waals surface area (Å²) >= 11 is 0. The first-order valence-electron chi connectivity index (χ1n) is 7.05. The Labute approximate surface area is 119 Å². The van der Waals surface area contributed by atoms with Crippen molar-refractivity contribution in [3.8, 4) is 0 Å². The molecule has 0 unspecified atom stereocenters. The van der Waals surface area contributed by atoms with Crippen LogP contribution in [0, 0.1) is 0 Å². The molecular weight excluding hydrogens is 248 g/mol. The molecule has 0 bridgehead atoms. The predicted molar refractivity (Wildman–Crippen MR) is 82.6 cm³/mol. The van der Waals surface area contributed by atoms with Crippen molar-refractivity contribution < 1.29 is 0 Å². The molecule has 1 aliphatic rings. The van der Waals surface area contributed by atoms with Crippen molar-refractivity contribution in [1.29, 1.82) is 0 Å². The number of aromatic nitrogens is 1. The minimum Gasteiger partial charge on any atom is -0.384 e. The lowest BCUT2D eigenvalue weighted by molar-refractivity contribution is 0.249. The molecule has 0 spiro atoms. The maximum absolute atomic E-state index is 5.75. The van der Waals surface area contributed by atoms with Crippen molar-refractivity contribution in [2.45, 2.75) is 6.54 Å². The van der Waals surface area contributed by atoms with E-state index in [1.807, 2.05) is 18.2 Å². The van der Waals surface area contributed by atoms with Gasteiger partial charge >= 0.3 is 0 Å². The summed E-state index contributed by atoms with van der Waals surface area (Å²) in [5.74, 6) is 1.58. The minimum absolute atomic E-state index is 0.592. The number of rotatable bonds is 3. The second-order valence-electron chi connectivity index (χ2n) is 5.17. The summed E-state index contributed by atoms with van der Waals surface area (Å²) in [7, 11) is 0. The van der Waals surface area contributed by atoms with Gasteiger partial charge in [0, 0.05) is 32.7 Å². The van der Waals surface area contributed by atoms with Gasteiger partial charge in [-0.2, -0.15) is 0 Å². The zero-order valence-corrected chi connectivity index (χ0v) is 11.6. The Morgan fingerprint density at radius 1 is 0.900 bits per heavy atom. The Morgan fingerprint density at radius 2 is 1.65 bits per heavy atom. The van der Waals surface area contributed by atoms with Crippen LogP contribution in [0.15, 0.2) is 48.5 Å². The standard InChI is InChI=1S/C16H20N4/c17-15-7-4-8-16(18-15)20-11-9-19(10-12-20)13-14-5-2-1-3-6-14/h1-8H,9-13H2,(H2,17,18). The molecule has 1 saturated heterocycles. The Balaban J connectivity index is 1.57. The Morgan fingerprint density at radius 3 is 2.35 bits per heavy atom. The van der Waals surface area contributed by atoms with E-state index in [9.17, 15) is 0 Å². The van der Waals surface area contributed by atoms with Crippen LogP contribution in [0.5, 0.6) is 0 Å². The average molecular weight is 268 g/mol. The van der Waals surface area contributed by atoms with Gasteiger partial charge in [-0.1, -0.05) is 36.4 Å². The first kappa shape index (κ1) is 12.9. The zero-order valence-electron chi connectivity index (χ0n) is 11.6. The van der Waals surface area contributed by atoms with Gasteiger partial charge < -0.3 is 10.6 Å². The molecule has 104 valence electrons. The van der Waals surface area contributed by atoms with Gasteiger partial charge in [-0.25, -0.2) is 4.98 Å². The molecule has 2 N–H and O–H groups in total. The highest BCUT2D eigenvalue weighted by atomic mass is 15.3. The van der Waals surface area contributed by atoms with E-state index in [1.165, 1.54) is 5.56 Å². The van der Waals surface area contributed by atoms with E-state index in [1.54, 1.807) is 0 Å². The summed E-state index contributed by atoms with van der Waals surface area (Å²) in [6, 6.07) is 16.5. The number of hydrogen-bond acceptors (Lipinski definition) is 4. The van der Waals surface area contributed by atoms with Crippen LogP contribution in [0.1, 0.15) is 5.56 Å². The van der Waals surface area contributed by atoms with Gasteiger partial charge in [0.15, 0.2) is 0 Å². The van der Waals surface area contributed by atoms with Gasteiger partial charge in [-0.15, -0.1) is 0 Å². The van der Waals surface area contributed by atoms with Gasteiger partial charge in [0.25, 0.3) is 0 Å². The fraction of sp³-hybridized carbons (Fsp3) is 0.312. The van der Waals surface area contributed by atoms with Crippen LogP contribution in [-0.2, 0) is 6.54 Å². The number of hydrogen-bond donors (Lipinski definition) is 1. The highest BCUT2D eigenvalue weighted by Crippen LogP contribution is 2.16. The maximum Gasteiger partial charge on any atom is 0.131 e. The van der Waals surface area contributed by atoms with E-state index < -0.39 is 0 Å². The van der Waals surface area contributed by atoms with E-state index in [-0.39, 0.29) is 0 Å². The Bertz CT molecular complexity index is 547. The molecule has 1 aromatic carbocycles. The predicted octanol–water partition coefficient (Wildman–Crippen LogP) is 1.99. The van der Waals surface area contributed by atoms with Crippen LogP contribution >= 0.6 is 0 Å². The third kappa shape index (κ3) is 3.08. The quantitative estimate of drug-likeness (QED) is 0.924. The molecule has 2 aromatic rings. The lowest BCUT2D eigenvalue weighted by atomic mass is 10.2. The van der Waals surface area contributed by atoms with Crippen molar-refractivity contribution in [3.05, 3.63) is 54.1 Å². The van der Waals surface area contributed by atoms with Crippen molar-refractivity contribution in [3.63, 3.8) is 0 Å². The van der Waals surface area contributed by atoms with Crippen molar-refractivity contribution in [2.75, 3.05) is 36.8 Å². The van der Waals surface area contributed by atoms with Gasteiger partial charge in [0.1, 0.15) is 11.6 Å². The molecule has 0 radical (unpaired) electrons. The summed E-state index contributed by atoms with van der Waals surface area (Å²) in [6.07, 6.45) is 0. The number of nitrogens with zero attached hydrogens (tertiary/aromatic N) is 3. The van der Waals surface area contributed by atoms with Crippen molar-refractivity contribution in [1.82, 2.24) is 9.88 Å². The molecule has 0 atom stereocenters. The largest absolute Gasteiger partial charge is 0.384 e. The molecule has 0 aliphatic carbocycles. The molecule has 1 aromatic heterocycles. The first-order valence-corrected chi connectivity index (χ1v) is 7.05. The highest BCUT2D eigenvalue weighted by molar-refractivity contribution is 5.45. The van der Waals surface area contributed by atoms with E-state index in [4.69, 9.17) is 5.73 Å². The fourth-order valence-corrected chi connectivity index (χ4v) is 2.59. The van der Waals surface area contributed by atoms with E-state index >= 15 is 0 Å². The lowest BCUT2D eigenvalue weighted by Gasteiger charge is -2.35. The van der Waals surface area contributed by atoms with Crippen LogP contribution in [0.3, 0.4) is 0 Å². The van der Waals surface area contributed by atoms with Crippen LogP contribution < -0.4 is 10.6 Å². The van der Waals surface area contributed by atoms with Crippen molar-refractivity contribution >= 4 is 11.6 Å². The molecule has 3 rings (SSSR count). The maximum atomic E-state index is 5.75. The Kier molecular flexibility index (Phi) is 3.83. The van der Waals surface area contributed by atoms with Crippen LogP contribution in [-0.4, -0.2) is 36.1 Å². The number of piperazine rings is 1. The number of nitrogens with two attached hydrogens (primary N) is 1. The number of anilines is 2. The molecular formula is C16H20N4. The van der Waals surface area contributed by atoms with Gasteiger partial charge in [-0.3, -0.25) is 4.90 Å². The minimum atomic E-state index is 0.592. The Hall–Kier alpha value is -2.07. The molecule has 20 heavy (non-hydrogen) atoms. The number of nitrogen functional groups attached to an aromatic ring is 1. The average Bonchev–Trinajstić information content (AvgIpc) is 2.49. The molecule has 1 fully saturated rings. The third-order valence-electron chi connectivity index (χ3n) is 3.70. The summed E-state index contributed by atoms with van der Waals surface area (Å²) in [4.78, 5) is 9.18. The molecule has 1 aliphatic heterocycles. The number of benzene rings is 1. The summed E-state index contributed by atoms with van der Waals surface area (Å²) in [6.45, 7) is 5.16. The second-order valence-corrected chi connectivity index (χ2v) is 5.17. The number of pyridine rings is 1. The third-order valence-corrected chi connectivity index (χ3v) is 3.70. The SMILES string of the molecule is Nc1cccc(N2CCN(Cc3ccccc3)CC2)n1. The van der Waals surface area contributed by atoms with Gasteiger partial charge in [-0.05, 0) is 17.7 Å². The van der Waals surface area contributed by atoms with Gasteiger partial charge in [0.2, 0.25) is 0 Å². The second kappa shape index (κ2) is 5.92. The van der Waals surface area contributed by atoms with Crippen LogP contribution in [0.25, 0.3) is 0 Å².